The third-order valence-corrected chi connectivity index (χ3v) is 4.55. The van der Waals surface area contributed by atoms with Gasteiger partial charge in [-0.25, -0.2) is 9.59 Å². The molecule has 0 aliphatic carbocycles. The number of hydrogen-bond acceptors (Lipinski definition) is 7. The number of carbonyl (C=O) groups excluding carboxylic acids is 2. The molecule has 126 valence electrons. The average Bonchev–Trinajstić information content (AvgIpc) is 2.83. The number of hydrogen-bond donors (Lipinski definition) is 2. The van der Waals surface area contributed by atoms with Crippen molar-refractivity contribution in [3.8, 4) is 0 Å². The molecule has 9 heteroatoms. The lowest BCUT2D eigenvalue weighted by molar-refractivity contribution is -0.146. The zero-order valence-corrected chi connectivity index (χ0v) is 14.1. The summed E-state index contributed by atoms with van der Waals surface area (Å²) in [4.78, 5) is 36.0. The van der Waals surface area contributed by atoms with E-state index in [4.69, 9.17) is 22.4 Å². The van der Waals surface area contributed by atoms with Crippen LogP contribution in [0.2, 0.25) is 0 Å². The molecule has 2 rings (SSSR count). The van der Waals surface area contributed by atoms with Crippen LogP contribution in [0.5, 0.6) is 0 Å². The molecule has 1 aliphatic rings. The van der Waals surface area contributed by atoms with E-state index in [0.29, 0.717) is 11.1 Å². The molecule has 1 unspecified atom stereocenters. The van der Waals surface area contributed by atoms with Crippen molar-refractivity contribution in [2.24, 2.45) is 0 Å². The number of rotatable bonds is 5. The van der Waals surface area contributed by atoms with Crippen molar-refractivity contribution in [3.05, 3.63) is 40.3 Å². The topological polar surface area (TPSA) is 104 Å². The van der Waals surface area contributed by atoms with Crippen molar-refractivity contribution in [1.82, 2.24) is 4.90 Å². The molecular formula is C15H13NO6S2. The molecule has 24 heavy (non-hydrogen) atoms. The molecule has 7 nitrogen and oxygen atoms in total. The third-order valence-electron chi connectivity index (χ3n) is 3.22. The second-order valence-electron chi connectivity index (χ2n) is 4.70. The minimum atomic E-state index is -1.41. The normalized spacial score (nSPS) is 17.2. The number of amides is 1. The van der Waals surface area contributed by atoms with E-state index in [0.717, 1.165) is 16.7 Å². The largest absolute Gasteiger partial charge is 0.480 e. The molecule has 1 atom stereocenters. The number of thiocarbonyl (C=S) groups is 1. The van der Waals surface area contributed by atoms with Crippen LogP contribution in [0.3, 0.4) is 0 Å². The summed E-state index contributed by atoms with van der Waals surface area (Å²) in [7, 11) is 1.28. The molecule has 1 aromatic rings. The average molecular weight is 367 g/mol. The first-order chi connectivity index (χ1) is 11.4. The molecule has 0 radical (unpaired) electrons. The molecule has 1 saturated heterocycles. The van der Waals surface area contributed by atoms with Gasteiger partial charge in [-0.15, -0.1) is 0 Å². The van der Waals surface area contributed by atoms with Crippen LogP contribution >= 0.6 is 24.0 Å². The highest BCUT2D eigenvalue weighted by atomic mass is 32.2. The van der Waals surface area contributed by atoms with Crippen molar-refractivity contribution in [1.29, 1.82) is 0 Å². The van der Waals surface area contributed by atoms with Crippen LogP contribution in [0.25, 0.3) is 6.08 Å². The maximum absolute atomic E-state index is 12.3. The van der Waals surface area contributed by atoms with Gasteiger partial charge in [0.25, 0.3) is 5.91 Å². The van der Waals surface area contributed by atoms with Gasteiger partial charge in [0.15, 0.2) is 6.04 Å². The van der Waals surface area contributed by atoms with Crippen LogP contribution in [0.1, 0.15) is 15.9 Å². The van der Waals surface area contributed by atoms with Gasteiger partial charge in [0.1, 0.15) is 4.32 Å². The van der Waals surface area contributed by atoms with Gasteiger partial charge in [0, 0.05) is 0 Å². The number of nitrogens with zero attached hydrogens (tertiary/aromatic N) is 1. The highest BCUT2D eigenvalue weighted by molar-refractivity contribution is 8.26. The van der Waals surface area contributed by atoms with Gasteiger partial charge in [-0.05, 0) is 23.8 Å². The molecule has 1 aromatic carbocycles. The lowest BCUT2D eigenvalue weighted by atomic mass is 10.1. The number of aliphatic carboxylic acids is 1. The molecule has 1 heterocycles. The summed E-state index contributed by atoms with van der Waals surface area (Å²) < 4.78 is 4.67. The predicted octanol–water partition coefficient (Wildman–Crippen LogP) is 1.12. The molecule has 2 N–H and O–H groups in total. The number of benzene rings is 1. The number of carboxylic acids is 1. The summed E-state index contributed by atoms with van der Waals surface area (Å²) in [5.74, 6) is -2.39. The van der Waals surface area contributed by atoms with Crippen LogP contribution in [0.4, 0.5) is 0 Å². The maximum Gasteiger partial charge on any atom is 0.337 e. The molecule has 1 aliphatic heterocycles. The van der Waals surface area contributed by atoms with Gasteiger partial charge >= 0.3 is 11.9 Å². The van der Waals surface area contributed by atoms with Crippen LogP contribution in [-0.2, 0) is 14.3 Å². The van der Waals surface area contributed by atoms with Gasteiger partial charge in [-0.2, -0.15) is 0 Å². The zero-order valence-electron chi connectivity index (χ0n) is 12.5. The fourth-order valence-corrected chi connectivity index (χ4v) is 3.36. The number of carbonyl (C=O) groups is 3. The van der Waals surface area contributed by atoms with E-state index in [9.17, 15) is 14.4 Å². The number of carboxylic acid groups (broad SMARTS) is 1. The lowest BCUT2D eigenvalue weighted by Crippen LogP contribution is -2.46. The molecule has 1 amide bonds. The van der Waals surface area contributed by atoms with E-state index < -0.39 is 30.5 Å². The number of thioether (sulfide) groups is 1. The Kier molecular flexibility index (Phi) is 5.71. The van der Waals surface area contributed by atoms with E-state index in [1.165, 1.54) is 13.2 Å². The quantitative estimate of drug-likeness (QED) is 0.453. The van der Waals surface area contributed by atoms with Gasteiger partial charge in [0.2, 0.25) is 0 Å². The highest BCUT2D eigenvalue weighted by Gasteiger charge is 2.40. The van der Waals surface area contributed by atoms with E-state index in [2.05, 4.69) is 4.74 Å². The van der Waals surface area contributed by atoms with Crippen molar-refractivity contribution >= 4 is 52.2 Å². The standard InChI is InChI=1S/C15H13NO6S2/c1-22-14(21)9-4-2-8(3-5-9)6-11-12(18)16(15(23)24-11)10(7-17)13(19)20/h2-6,10,17H,7H2,1H3,(H,19,20)/b11-6-. The Bertz CT molecular complexity index is 728. The molecule has 0 saturated carbocycles. The van der Waals surface area contributed by atoms with Gasteiger partial charge < -0.3 is 14.9 Å². The number of methoxy groups -OCH3 is 1. The van der Waals surface area contributed by atoms with E-state index >= 15 is 0 Å². The smallest absolute Gasteiger partial charge is 0.337 e. The zero-order chi connectivity index (χ0) is 17.9. The summed E-state index contributed by atoms with van der Waals surface area (Å²) in [6.07, 6.45) is 1.54. The van der Waals surface area contributed by atoms with Crippen LogP contribution in [0.15, 0.2) is 29.2 Å². The Balaban J connectivity index is 2.25. The van der Waals surface area contributed by atoms with Crippen molar-refractivity contribution in [2.75, 3.05) is 13.7 Å². The lowest BCUT2D eigenvalue weighted by Gasteiger charge is -2.20. The van der Waals surface area contributed by atoms with Crippen molar-refractivity contribution in [3.63, 3.8) is 0 Å². The molecule has 1 fully saturated rings. The van der Waals surface area contributed by atoms with Crippen LogP contribution in [0, 0.1) is 0 Å². The monoisotopic (exact) mass is 367 g/mol. The molecule has 0 bridgehead atoms. The Morgan fingerprint density at radius 3 is 2.50 bits per heavy atom. The molecular weight excluding hydrogens is 354 g/mol. The number of aliphatic hydroxyl groups excluding tert-OH is 1. The first kappa shape index (κ1) is 18.1. The Morgan fingerprint density at radius 1 is 1.38 bits per heavy atom. The summed E-state index contributed by atoms with van der Waals surface area (Å²) in [6, 6.07) is 4.93. The number of esters is 1. The summed E-state index contributed by atoms with van der Waals surface area (Å²) >= 11 is 5.99. The Labute approximate surface area is 146 Å². The predicted molar refractivity (Wildman–Crippen MR) is 91.3 cm³/mol. The minimum Gasteiger partial charge on any atom is -0.480 e. The van der Waals surface area contributed by atoms with Gasteiger partial charge in [0.05, 0.1) is 24.2 Å². The summed E-state index contributed by atoms with van der Waals surface area (Å²) in [6.45, 7) is -0.733. The van der Waals surface area contributed by atoms with E-state index in [-0.39, 0.29) is 9.23 Å². The minimum absolute atomic E-state index is 0.0684. The van der Waals surface area contributed by atoms with Crippen LogP contribution < -0.4 is 0 Å². The van der Waals surface area contributed by atoms with Crippen LogP contribution in [-0.4, -0.2) is 57.0 Å². The fraction of sp³-hybridized carbons (Fsp3) is 0.200. The third kappa shape index (κ3) is 3.64. The number of aliphatic hydroxyl groups is 1. The Hall–Kier alpha value is -2.23. The second-order valence-corrected chi connectivity index (χ2v) is 6.38. The van der Waals surface area contributed by atoms with Gasteiger partial charge in [-0.1, -0.05) is 36.1 Å². The summed E-state index contributed by atoms with van der Waals surface area (Å²) in [5, 5.41) is 18.2. The fourth-order valence-electron chi connectivity index (χ4n) is 2.00. The van der Waals surface area contributed by atoms with Gasteiger partial charge in [-0.3, -0.25) is 9.69 Å². The molecule has 0 spiro atoms. The van der Waals surface area contributed by atoms with Crippen molar-refractivity contribution in [2.45, 2.75) is 6.04 Å². The SMILES string of the molecule is COC(=O)c1ccc(/C=C2\SC(=S)N(C(CO)C(=O)O)C2=O)cc1. The van der Waals surface area contributed by atoms with E-state index in [1.54, 1.807) is 24.3 Å². The van der Waals surface area contributed by atoms with E-state index in [1.807, 2.05) is 0 Å². The number of ether oxygens (including phenoxy) is 1. The van der Waals surface area contributed by atoms with Crippen molar-refractivity contribution < 1.29 is 29.3 Å². The second kappa shape index (κ2) is 7.56. The highest BCUT2D eigenvalue weighted by Crippen LogP contribution is 2.34. The maximum atomic E-state index is 12.3. The first-order valence-electron chi connectivity index (χ1n) is 6.68. The molecule has 0 aromatic heterocycles. The Morgan fingerprint density at radius 2 is 2.00 bits per heavy atom. The summed E-state index contributed by atoms with van der Waals surface area (Å²) in [5.41, 5.74) is 1.01. The first-order valence-corrected chi connectivity index (χ1v) is 7.90.